The molecule has 0 bridgehead atoms. The number of carboxylic acid groups (broad SMARTS) is 1. The Kier molecular flexibility index (Phi) is 2.89. The van der Waals surface area contributed by atoms with Crippen LogP contribution in [0.25, 0.3) is 0 Å². The first-order valence-electron chi connectivity index (χ1n) is 5.20. The quantitative estimate of drug-likeness (QED) is 0.769. The Morgan fingerprint density at radius 3 is 3.06 bits per heavy atom. The van der Waals surface area contributed by atoms with Crippen molar-refractivity contribution in [3.8, 4) is 0 Å². The molecule has 0 aromatic carbocycles. The van der Waals surface area contributed by atoms with Crippen molar-refractivity contribution in [3.05, 3.63) is 28.7 Å². The van der Waals surface area contributed by atoms with Gasteiger partial charge in [-0.1, -0.05) is 0 Å². The maximum atomic E-state index is 11.5. The van der Waals surface area contributed by atoms with Gasteiger partial charge >= 0.3 is 6.09 Å². The molecule has 1 amide bonds. The molecule has 0 unspecified atom stereocenters. The van der Waals surface area contributed by atoms with Crippen LogP contribution in [0.2, 0.25) is 0 Å². The standard InChI is InChI=1S/C10H13N3O3/c14-9-2-1-5-11-13(9)8-4-3-7(6-8)12-10(15)16/h1-2,5,7-8,12H,3-4,6H2,(H,15,16)/t7-,8-/m1/s1. The monoisotopic (exact) mass is 223 g/mol. The summed E-state index contributed by atoms with van der Waals surface area (Å²) in [6.07, 6.45) is 2.71. The van der Waals surface area contributed by atoms with Crippen molar-refractivity contribution in [2.45, 2.75) is 31.3 Å². The second kappa shape index (κ2) is 4.34. The third-order valence-corrected chi connectivity index (χ3v) is 2.82. The van der Waals surface area contributed by atoms with E-state index >= 15 is 0 Å². The third-order valence-electron chi connectivity index (χ3n) is 2.82. The molecule has 0 radical (unpaired) electrons. The lowest BCUT2D eigenvalue weighted by Crippen LogP contribution is -2.32. The molecule has 1 fully saturated rings. The Bertz CT molecular complexity index is 443. The molecule has 2 atom stereocenters. The minimum Gasteiger partial charge on any atom is -0.465 e. The summed E-state index contributed by atoms with van der Waals surface area (Å²) in [6, 6.07) is 2.99. The van der Waals surface area contributed by atoms with Crippen LogP contribution in [0.1, 0.15) is 25.3 Å². The number of hydrogen-bond donors (Lipinski definition) is 2. The highest BCUT2D eigenvalue weighted by Crippen LogP contribution is 2.27. The zero-order valence-corrected chi connectivity index (χ0v) is 8.67. The summed E-state index contributed by atoms with van der Waals surface area (Å²) < 4.78 is 1.43. The van der Waals surface area contributed by atoms with Crippen molar-refractivity contribution in [1.29, 1.82) is 0 Å². The summed E-state index contributed by atoms with van der Waals surface area (Å²) in [7, 11) is 0. The molecule has 16 heavy (non-hydrogen) atoms. The fraction of sp³-hybridized carbons (Fsp3) is 0.500. The average Bonchev–Trinajstić information content (AvgIpc) is 2.66. The summed E-state index contributed by atoms with van der Waals surface area (Å²) >= 11 is 0. The van der Waals surface area contributed by atoms with E-state index in [1.54, 1.807) is 12.3 Å². The largest absolute Gasteiger partial charge is 0.465 e. The Balaban J connectivity index is 2.07. The zero-order chi connectivity index (χ0) is 11.5. The fourth-order valence-corrected chi connectivity index (χ4v) is 2.13. The van der Waals surface area contributed by atoms with E-state index in [0.717, 1.165) is 12.8 Å². The van der Waals surface area contributed by atoms with Crippen molar-refractivity contribution in [2.75, 3.05) is 0 Å². The van der Waals surface area contributed by atoms with Crippen molar-refractivity contribution in [2.24, 2.45) is 0 Å². The van der Waals surface area contributed by atoms with E-state index in [0.29, 0.717) is 6.42 Å². The number of nitrogens with zero attached hydrogens (tertiary/aromatic N) is 2. The van der Waals surface area contributed by atoms with Gasteiger partial charge < -0.3 is 10.4 Å². The molecule has 2 rings (SSSR count). The molecule has 0 aliphatic heterocycles. The fourth-order valence-electron chi connectivity index (χ4n) is 2.13. The molecule has 0 spiro atoms. The van der Waals surface area contributed by atoms with Crippen LogP contribution in [0, 0.1) is 0 Å². The average molecular weight is 223 g/mol. The number of carbonyl (C=O) groups is 1. The molecular formula is C10H13N3O3. The summed E-state index contributed by atoms with van der Waals surface area (Å²) in [5.41, 5.74) is -0.136. The number of rotatable bonds is 2. The lowest BCUT2D eigenvalue weighted by Gasteiger charge is -2.12. The number of aromatic nitrogens is 2. The van der Waals surface area contributed by atoms with Gasteiger partial charge in [0.1, 0.15) is 0 Å². The molecule has 1 aromatic rings. The lowest BCUT2D eigenvalue weighted by atomic mass is 10.2. The lowest BCUT2D eigenvalue weighted by molar-refractivity contribution is 0.189. The predicted octanol–water partition coefficient (Wildman–Crippen LogP) is 0.604. The van der Waals surface area contributed by atoms with Crippen LogP contribution < -0.4 is 10.9 Å². The minimum atomic E-state index is -1.01. The summed E-state index contributed by atoms with van der Waals surface area (Å²) in [5, 5.41) is 15.0. The molecular weight excluding hydrogens is 210 g/mol. The smallest absolute Gasteiger partial charge is 0.404 e. The number of nitrogens with one attached hydrogen (secondary N) is 1. The van der Waals surface area contributed by atoms with E-state index in [9.17, 15) is 9.59 Å². The second-order valence-electron chi connectivity index (χ2n) is 3.92. The molecule has 6 nitrogen and oxygen atoms in total. The highest BCUT2D eigenvalue weighted by atomic mass is 16.4. The van der Waals surface area contributed by atoms with Gasteiger partial charge in [-0.25, -0.2) is 9.48 Å². The molecule has 1 aliphatic rings. The summed E-state index contributed by atoms with van der Waals surface area (Å²) in [6.45, 7) is 0. The van der Waals surface area contributed by atoms with Crippen molar-refractivity contribution < 1.29 is 9.90 Å². The first kappa shape index (κ1) is 10.7. The van der Waals surface area contributed by atoms with Crippen LogP contribution in [0.4, 0.5) is 4.79 Å². The Morgan fingerprint density at radius 1 is 1.56 bits per heavy atom. The number of hydrogen-bond acceptors (Lipinski definition) is 3. The van der Waals surface area contributed by atoms with Gasteiger partial charge in [0.05, 0.1) is 6.04 Å². The van der Waals surface area contributed by atoms with Crippen LogP contribution in [-0.2, 0) is 0 Å². The molecule has 1 aliphatic carbocycles. The van der Waals surface area contributed by atoms with Crippen molar-refractivity contribution in [3.63, 3.8) is 0 Å². The summed E-state index contributed by atoms with van der Waals surface area (Å²) in [5.74, 6) is 0. The Morgan fingerprint density at radius 2 is 2.38 bits per heavy atom. The van der Waals surface area contributed by atoms with E-state index < -0.39 is 6.09 Å². The first-order valence-corrected chi connectivity index (χ1v) is 5.20. The van der Waals surface area contributed by atoms with Gasteiger partial charge in [-0.3, -0.25) is 4.79 Å². The molecule has 1 heterocycles. The SMILES string of the molecule is O=C(O)N[C@@H]1CC[C@@H](n2ncccc2=O)C1. The van der Waals surface area contributed by atoms with Crippen molar-refractivity contribution >= 4 is 6.09 Å². The third kappa shape index (κ3) is 2.21. The van der Waals surface area contributed by atoms with Gasteiger partial charge in [-0.15, -0.1) is 0 Å². The highest BCUT2D eigenvalue weighted by molar-refractivity contribution is 5.64. The van der Waals surface area contributed by atoms with Crippen LogP contribution in [0.3, 0.4) is 0 Å². The molecule has 86 valence electrons. The second-order valence-corrected chi connectivity index (χ2v) is 3.92. The molecule has 2 N–H and O–H groups in total. The van der Waals surface area contributed by atoms with Gasteiger partial charge in [0.2, 0.25) is 0 Å². The van der Waals surface area contributed by atoms with Crippen molar-refractivity contribution in [1.82, 2.24) is 15.1 Å². The van der Waals surface area contributed by atoms with Gasteiger partial charge in [-0.2, -0.15) is 5.10 Å². The van der Waals surface area contributed by atoms with E-state index in [2.05, 4.69) is 10.4 Å². The highest BCUT2D eigenvalue weighted by Gasteiger charge is 2.27. The predicted molar refractivity (Wildman–Crippen MR) is 56.3 cm³/mol. The first-order chi connectivity index (χ1) is 7.66. The van der Waals surface area contributed by atoms with Crippen LogP contribution >= 0.6 is 0 Å². The van der Waals surface area contributed by atoms with E-state index in [1.165, 1.54) is 10.7 Å². The van der Waals surface area contributed by atoms with E-state index in [-0.39, 0.29) is 17.6 Å². The van der Waals surface area contributed by atoms with Gasteiger partial charge in [-0.05, 0) is 25.3 Å². The molecule has 0 saturated heterocycles. The maximum absolute atomic E-state index is 11.5. The molecule has 6 heteroatoms. The number of amides is 1. The zero-order valence-electron chi connectivity index (χ0n) is 8.67. The minimum absolute atomic E-state index is 0.00514. The van der Waals surface area contributed by atoms with Crippen LogP contribution in [0.5, 0.6) is 0 Å². The topological polar surface area (TPSA) is 84.2 Å². The van der Waals surface area contributed by atoms with Gasteiger partial charge in [0, 0.05) is 18.3 Å². The molecule has 1 saturated carbocycles. The molecule has 1 aromatic heterocycles. The van der Waals surface area contributed by atoms with E-state index in [1.807, 2.05) is 0 Å². The Labute approximate surface area is 91.9 Å². The van der Waals surface area contributed by atoms with Crippen LogP contribution in [-0.4, -0.2) is 27.0 Å². The van der Waals surface area contributed by atoms with Gasteiger partial charge in [0.25, 0.3) is 5.56 Å². The maximum Gasteiger partial charge on any atom is 0.404 e. The van der Waals surface area contributed by atoms with Gasteiger partial charge in [0.15, 0.2) is 0 Å². The summed E-state index contributed by atoms with van der Waals surface area (Å²) in [4.78, 5) is 22.0. The normalized spacial score (nSPS) is 24.2. The Hall–Kier alpha value is -1.85. The van der Waals surface area contributed by atoms with E-state index in [4.69, 9.17) is 5.11 Å². The van der Waals surface area contributed by atoms with Crippen LogP contribution in [0.15, 0.2) is 23.1 Å².